The molecule has 0 aliphatic heterocycles. The number of hydrogen-bond acceptors (Lipinski definition) is 1. The van der Waals surface area contributed by atoms with Crippen molar-refractivity contribution in [2.45, 2.75) is 88.9 Å². The van der Waals surface area contributed by atoms with Crippen LogP contribution < -0.4 is 3.71 Å². The first kappa shape index (κ1) is 21.5. The minimum atomic E-state index is -0.769. The van der Waals surface area contributed by atoms with Crippen LogP contribution in [0.1, 0.15) is 84.3 Å². The Morgan fingerprint density at radius 2 is 1.42 bits per heavy atom. The Balaban J connectivity index is 2.34. The van der Waals surface area contributed by atoms with Crippen molar-refractivity contribution >= 4 is 24.9 Å². The van der Waals surface area contributed by atoms with Crippen LogP contribution in [0.4, 0.5) is 0 Å². The molecule has 0 amide bonds. The van der Waals surface area contributed by atoms with Crippen LogP contribution >= 0.6 is 0 Å². The molecule has 2 aromatic rings. The van der Waals surface area contributed by atoms with Gasteiger partial charge in [0.2, 0.25) is 0 Å². The molecule has 2 radical (unpaired) electrons. The summed E-state index contributed by atoms with van der Waals surface area (Å²) >= 11 is -0.769. The van der Waals surface area contributed by atoms with Gasteiger partial charge < -0.3 is 0 Å². The zero-order valence-electron chi connectivity index (χ0n) is 17.2. The number of aromatic nitrogens is 2. The van der Waals surface area contributed by atoms with Crippen LogP contribution in [0.5, 0.6) is 0 Å². The third-order valence-corrected chi connectivity index (χ3v) is 10.7. The molecule has 0 aliphatic rings. The summed E-state index contributed by atoms with van der Waals surface area (Å²) < 4.78 is 4.42. The van der Waals surface area contributed by atoms with Gasteiger partial charge in [-0.2, -0.15) is 0 Å². The molecule has 0 saturated heterocycles. The third-order valence-electron chi connectivity index (χ3n) is 5.25. The molecule has 0 spiro atoms. The summed E-state index contributed by atoms with van der Waals surface area (Å²) in [7, 11) is 0. The molecule has 1 aromatic carbocycles. The molecule has 0 bridgehead atoms. The summed E-state index contributed by atoms with van der Waals surface area (Å²) in [5.41, 5.74) is 2.40. The average Bonchev–Trinajstić information content (AvgIpc) is 3.03. The number of rotatable bonds is 12. The molecular weight excluding hydrogens is 423 g/mol. The van der Waals surface area contributed by atoms with Gasteiger partial charge in [0.1, 0.15) is 0 Å². The van der Waals surface area contributed by atoms with Crippen molar-refractivity contribution in [3.05, 3.63) is 42.1 Å². The van der Waals surface area contributed by atoms with Crippen molar-refractivity contribution in [1.29, 1.82) is 0 Å². The second-order valence-electron chi connectivity index (χ2n) is 7.63. The maximum absolute atomic E-state index is 4.87. The number of para-hydroxylation sites is 1. The Bertz CT molecular complexity index is 611. The van der Waals surface area contributed by atoms with E-state index in [9.17, 15) is 0 Å². The first-order chi connectivity index (χ1) is 12.6. The summed E-state index contributed by atoms with van der Waals surface area (Å²) in [6.07, 6.45) is 12.4. The van der Waals surface area contributed by atoms with Crippen LogP contribution in [0.3, 0.4) is 0 Å². The predicted octanol–water partition coefficient (Wildman–Crippen LogP) is 6.24. The Morgan fingerprint density at radius 3 is 1.92 bits per heavy atom. The van der Waals surface area contributed by atoms with E-state index in [1.54, 1.807) is 3.71 Å². The second kappa shape index (κ2) is 11.2. The van der Waals surface area contributed by atoms with Gasteiger partial charge in [0, 0.05) is 0 Å². The number of nitrogens with zero attached hydrogens (tertiary/aromatic N) is 2. The normalized spacial score (nSPS) is 11.8. The Labute approximate surface area is 171 Å². The average molecular weight is 459 g/mol. The molecule has 2 rings (SSSR count). The van der Waals surface area contributed by atoms with Crippen molar-refractivity contribution in [1.82, 2.24) is 9.78 Å². The quantitative estimate of drug-likeness (QED) is 0.344. The zero-order chi connectivity index (χ0) is 18.8. The predicted molar refractivity (Wildman–Crippen MR) is 115 cm³/mol. The van der Waals surface area contributed by atoms with Crippen LogP contribution in [-0.4, -0.2) is 30.9 Å². The molecule has 1 aromatic heterocycles. The topological polar surface area (TPSA) is 17.8 Å². The van der Waals surface area contributed by atoms with Crippen LogP contribution in [0, 0.1) is 6.92 Å². The molecule has 2 nitrogen and oxygen atoms in total. The summed E-state index contributed by atoms with van der Waals surface area (Å²) in [6.45, 7) is 9.17. The minimum absolute atomic E-state index is 0.602. The van der Waals surface area contributed by atoms with Gasteiger partial charge in [0.15, 0.2) is 0 Å². The standard InChI is InChI=1S/C13H27.C10H9N2.Sn/c1-4-7-10-13(11-8-5-2)12-9-6-3;1-9-7-8-12(11-9)10-5-3-2-4-6-10;/h4-12H2,1-3H3;2-7H,1H3;. The summed E-state index contributed by atoms with van der Waals surface area (Å²) in [6, 6.07) is 13.1. The molecule has 0 N–H and O–H groups in total. The van der Waals surface area contributed by atoms with Crippen LogP contribution in [0.2, 0.25) is 3.43 Å². The molecule has 0 unspecified atom stereocenters. The summed E-state index contributed by atoms with van der Waals surface area (Å²) in [4.78, 5) is 0. The van der Waals surface area contributed by atoms with E-state index in [2.05, 4.69) is 68.8 Å². The molecule has 142 valence electrons. The number of aryl methyl sites for hydroxylation is 1. The Hall–Kier alpha value is -0.771. The van der Waals surface area contributed by atoms with E-state index in [-0.39, 0.29) is 0 Å². The first-order valence-corrected chi connectivity index (χ1v) is 13.4. The van der Waals surface area contributed by atoms with E-state index in [0.29, 0.717) is 3.43 Å². The van der Waals surface area contributed by atoms with Crippen molar-refractivity contribution in [3.63, 3.8) is 0 Å². The number of unbranched alkanes of at least 4 members (excludes halogenated alkanes) is 3. The van der Waals surface area contributed by atoms with E-state index in [1.807, 2.05) is 0 Å². The molecule has 0 atom stereocenters. The third kappa shape index (κ3) is 6.14. The maximum atomic E-state index is 4.87. The van der Waals surface area contributed by atoms with Gasteiger partial charge in [-0.15, -0.1) is 0 Å². The van der Waals surface area contributed by atoms with E-state index in [0.717, 1.165) is 0 Å². The van der Waals surface area contributed by atoms with E-state index < -0.39 is 21.1 Å². The fourth-order valence-electron chi connectivity index (χ4n) is 3.73. The number of hydrogen-bond donors (Lipinski definition) is 0. The SMILES string of the molecule is CCCC[C](CCCC)(CCCC)[Sn][c]1cc(C)nn1-c1ccccc1. The molecule has 0 aliphatic carbocycles. The van der Waals surface area contributed by atoms with Crippen molar-refractivity contribution in [2.24, 2.45) is 0 Å². The second-order valence-corrected chi connectivity index (χ2v) is 12.8. The fourth-order valence-corrected chi connectivity index (χ4v) is 9.48. The molecule has 0 fully saturated rings. The van der Waals surface area contributed by atoms with E-state index >= 15 is 0 Å². The Kier molecular flexibility index (Phi) is 9.24. The molecule has 3 heteroatoms. The van der Waals surface area contributed by atoms with Gasteiger partial charge in [-0.3, -0.25) is 0 Å². The summed E-state index contributed by atoms with van der Waals surface area (Å²) in [5, 5.41) is 4.87. The van der Waals surface area contributed by atoms with Crippen molar-refractivity contribution in [2.75, 3.05) is 0 Å². The van der Waals surface area contributed by atoms with Crippen LogP contribution in [-0.2, 0) is 0 Å². The molecule has 26 heavy (non-hydrogen) atoms. The first-order valence-electron chi connectivity index (χ1n) is 10.5. The van der Waals surface area contributed by atoms with Gasteiger partial charge >= 0.3 is 171 Å². The molecule has 0 saturated carbocycles. The van der Waals surface area contributed by atoms with Crippen molar-refractivity contribution < 1.29 is 0 Å². The van der Waals surface area contributed by atoms with Crippen molar-refractivity contribution in [3.8, 4) is 5.69 Å². The van der Waals surface area contributed by atoms with Gasteiger partial charge in [-0.1, -0.05) is 0 Å². The number of benzene rings is 1. The van der Waals surface area contributed by atoms with E-state index in [1.165, 1.54) is 69.2 Å². The van der Waals surface area contributed by atoms with Gasteiger partial charge in [-0.05, 0) is 0 Å². The van der Waals surface area contributed by atoms with Crippen LogP contribution in [0.15, 0.2) is 36.4 Å². The fraction of sp³-hybridized carbons (Fsp3) is 0.609. The van der Waals surface area contributed by atoms with Gasteiger partial charge in [0.05, 0.1) is 0 Å². The summed E-state index contributed by atoms with van der Waals surface area (Å²) in [5.74, 6) is 0. The molecular formula is C23H36N2Sn. The molecule has 1 heterocycles. The van der Waals surface area contributed by atoms with Gasteiger partial charge in [-0.25, -0.2) is 0 Å². The Morgan fingerprint density at radius 1 is 0.885 bits per heavy atom. The van der Waals surface area contributed by atoms with E-state index in [4.69, 9.17) is 5.10 Å². The van der Waals surface area contributed by atoms with Crippen LogP contribution in [0.25, 0.3) is 5.69 Å². The van der Waals surface area contributed by atoms with Gasteiger partial charge in [0.25, 0.3) is 0 Å². The zero-order valence-corrected chi connectivity index (χ0v) is 20.1. The monoisotopic (exact) mass is 460 g/mol.